The Morgan fingerprint density at radius 1 is 0.967 bits per heavy atom. The molecule has 1 aliphatic carbocycles. The second kappa shape index (κ2) is 7.84. The van der Waals surface area contributed by atoms with Gasteiger partial charge < -0.3 is 20.8 Å². The van der Waals surface area contributed by atoms with Crippen LogP contribution in [0.1, 0.15) is 29.5 Å². The monoisotopic (exact) mass is 402 g/mol. The van der Waals surface area contributed by atoms with Crippen LogP contribution in [0.2, 0.25) is 0 Å². The minimum absolute atomic E-state index is 0.0910. The third kappa shape index (κ3) is 3.76. The predicted octanol–water partition coefficient (Wildman–Crippen LogP) is 4.46. The van der Waals surface area contributed by atoms with Gasteiger partial charge in [0.15, 0.2) is 11.5 Å². The van der Waals surface area contributed by atoms with Crippen LogP contribution >= 0.6 is 0 Å². The lowest BCUT2D eigenvalue weighted by Gasteiger charge is -2.17. The fourth-order valence-electron chi connectivity index (χ4n) is 3.86. The van der Waals surface area contributed by atoms with E-state index in [0.717, 1.165) is 34.5 Å². The minimum Gasteiger partial charge on any atom is -0.504 e. The summed E-state index contributed by atoms with van der Waals surface area (Å²) in [6, 6.07) is 19.0. The number of phenolic OH excluding ortho intramolecular Hbond substituents is 2. The lowest BCUT2D eigenvalue weighted by Crippen LogP contribution is -2.27. The van der Waals surface area contributed by atoms with E-state index < -0.39 is 5.41 Å². The summed E-state index contributed by atoms with van der Waals surface area (Å²) >= 11 is 0. The van der Waals surface area contributed by atoms with Gasteiger partial charge in [-0.25, -0.2) is 0 Å². The summed E-state index contributed by atoms with van der Waals surface area (Å²) in [5.41, 5.74) is 5.36. The average molecular weight is 402 g/mol. The van der Waals surface area contributed by atoms with E-state index in [-0.39, 0.29) is 17.4 Å². The van der Waals surface area contributed by atoms with E-state index >= 15 is 0 Å². The van der Waals surface area contributed by atoms with Gasteiger partial charge in [0.25, 0.3) is 0 Å². The third-order valence-corrected chi connectivity index (χ3v) is 5.85. The van der Waals surface area contributed by atoms with Gasteiger partial charge in [-0.2, -0.15) is 0 Å². The number of carbonyl (C=O) groups is 1. The van der Waals surface area contributed by atoms with Gasteiger partial charge in [-0.1, -0.05) is 36.4 Å². The van der Waals surface area contributed by atoms with Gasteiger partial charge in [0, 0.05) is 12.2 Å². The van der Waals surface area contributed by atoms with Crippen LogP contribution in [0.25, 0.3) is 11.1 Å². The average Bonchev–Trinajstić information content (AvgIpc) is 3.54. The number of carbonyl (C=O) groups excluding carboxylic acids is 1. The topological polar surface area (TPSA) is 81.6 Å². The lowest BCUT2D eigenvalue weighted by molar-refractivity contribution is -0.118. The van der Waals surface area contributed by atoms with E-state index in [0.29, 0.717) is 12.8 Å². The van der Waals surface area contributed by atoms with Crippen LogP contribution in [0.3, 0.4) is 0 Å². The first-order valence-corrected chi connectivity index (χ1v) is 10.1. The van der Waals surface area contributed by atoms with E-state index in [1.165, 1.54) is 17.7 Å². The molecule has 0 saturated heterocycles. The molecule has 1 fully saturated rings. The molecule has 1 amide bonds. The smallest absolute Gasteiger partial charge is 0.235 e. The van der Waals surface area contributed by atoms with Crippen molar-refractivity contribution in [3.63, 3.8) is 0 Å². The number of hydrogen-bond donors (Lipinski definition) is 4. The van der Waals surface area contributed by atoms with Crippen molar-refractivity contribution in [3.8, 4) is 22.6 Å². The number of nitrogens with one attached hydrogen (secondary N) is 2. The van der Waals surface area contributed by atoms with E-state index in [9.17, 15) is 15.0 Å². The Kier molecular flexibility index (Phi) is 5.22. The highest BCUT2D eigenvalue weighted by atomic mass is 16.3. The van der Waals surface area contributed by atoms with Crippen LogP contribution in [0, 0.1) is 6.92 Å². The Labute approximate surface area is 176 Å². The highest BCUT2D eigenvalue weighted by Gasteiger charge is 2.51. The number of rotatable bonds is 6. The first-order valence-electron chi connectivity index (χ1n) is 10.1. The van der Waals surface area contributed by atoms with Crippen molar-refractivity contribution in [2.24, 2.45) is 0 Å². The zero-order valence-electron chi connectivity index (χ0n) is 17.2. The molecule has 154 valence electrons. The molecule has 3 aromatic rings. The van der Waals surface area contributed by atoms with Crippen LogP contribution in [-0.2, 0) is 16.8 Å². The number of aromatic hydroxyl groups is 2. The molecule has 1 saturated carbocycles. The molecule has 4 rings (SSSR count). The van der Waals surface area contributed by atoms with Gasteiger partial charge in [0.2, 0.25) is 5.91 Å². The molecule has 3 aromatic carbocycles. The fourth-order valence-corrected chi connectivity index (χ4v) is 3.86. The molecular weight excluding hydrogens is 376 g/mol. The Bertz CT molecular complexity index is 1090. The number of amides is 1. The number of hydrogen-bond acceptors (Lipinski definition) is 4. The van der Waals surface area contributed by atoms with Gasteiger partial charge in [-0.3, -0.25) is 4.79 Å². The van der Waals surface area contributed by atoms with Crippen molar-refractivity contribution in [3.05, 3.63) is 77.4 Å². The summed E-state index contributed by atoms with van der Waals surface area (Å²) < 4.78 is 0. The summed E-state index contributed by atoms with van der Waals surface area (Å²) in [6.45, 7) is 2.88. The maximum absolute atomic E-state index is 13.1. The van der Waals surface area contributed by atoms with Crippen molar-refractivity contribution in [2.45, 2.75) is 31.7 Å². The number of aryl methyl sites for hydroxylation is 1. The van der Waals surface area contributed by atoms with E-state index in [1.807, 2.05) is 25.2 Å². The molecule has 5 nitrogen and oxygen atoms in total. The molecule has 0 aromatic heterocycles. The molecule has 0 radical (unpaired) electrons. The third-order valence-electron chi connectivity index (χ3n) is 5.85. The van der Waals surface area contributed by atoms with Crippen molar-refractivity contribution >= 4 is 11.6 Å². The van der Waals surface area contributed by atoms with Crippen molar-refractivity contribution < 1.29 is 15.0 Å². The highest BCUT2D eigenvalue weighted by Crippen LogP contribution is 2.50. The highest BCUT2D eigenvalue weighted by molar-refractivity contribution is 6.02. The first-order chi connectivity index (χ1) is 14.4. The zero-order chi connectivity index (χ0) is 21.3. The standard InChI is InChI=1S/C25H26N2O3/c1-16-3-9-20(14-21(16)18-6-4-17(5-7-18)15-26-2)27-24(30)25(11-12-25)19-8-10-22(28)23(29)13-19/h3-10,13-14,26,28-29H,11-12,15H2,1-2H3,(H,27,30). The van der Waals surface area contributed by atoms with Gasteiger partial charge in [0.05, 0.1) is 5.41 Å². The molecule has 0 atom stereocenters. The van der Waals surface area contributed by atoms with Crippen molar-refractivity contribution in [2.75, 3.05) is 12.4 Å². The normalized spacial score (nSPS) is 14.3. The van der Waals surface area contributed by atoms with Crippen molar-refractivity contribution in [1.29, 1.82) is 0 Å². The summed E-state index contributed by atoms with van der Waals surface area (Å²) in [5.74, 6) is -0.475. The second-order valence-electron chi connectivity index (χ2n) is 8.00. The summed E-state index contributed by atoms with van der Waals surface area (Å²) in [5, 5.41) is 25.6. The van der Waals surface area contributed by atoms with Gasteiger partial charge in [0.1, 0.15) is 0 Å². The van der Waals surface area contributed by atoms with Crippen LogP contribution in [-0.4, -0.2) is 23.2 Å². The first kappa shape index (κ1) is 20.0. The summed E-state index contributed by atoms with van der Waals surface area (Å²) in [4.78, 5) is 13.1. The second-order valence-corrected chi connectivity index (χ2v) is 8.00. The number of benzene rings is 3. The summed E-state index contributed by atoms with van der Waals surface area (Å²) in [6.07, 6.45) is 1.43. The van der Waals surface area contributed by atoms with Crippen LogP contribution in [0.15, 0.2) is 60.7 Å². The van der Waals surface area contributed by atoms with Crippen LogP contribution < -0.4 is 10.6 Å². The predicted molar refractivity (Wildman–Crippen MR) is 119 cm³/mol. The summed E-state index contributed by atoms with van der Waals surface area (Å²) in [7, 11) is 1.93. The van der Waals surface area contributed by atoms with Crippen LogP contribution in [0.5, 0.6) is 11.5 Å². The molecule has 0 spiro atoms. The molecule has 0 heterocycles. The Morgan fingerprint density at radius 3 is 2.33 bits per heavy atom. The maximum atomic E-state index is 13.1. The number of phenols is 2. The quantitative estimate of drug-likeness (QED) is 0.459. The molecule has 0 unspecified atom stereocenters. The molecule has 4 N–H and O–H groups in total. The largest absolute Gasteiger partial charge is 0.504 e. The fraction of sp³-hybridized carbons (Fsp3) is 0.240. The van der Waals surface area contributed by atoms with Crippen molar-refractivity contribution in [1.82, 2.24) is 5.32 Å². The lowest BCUT2D eigenvalue weighted by atomic mass is 9.94. The molecule has 1 aliphatic rings. The van der Waals surface area contributed by atoms with Gasteiger partial charge in [-0.05, 0) is 78.9 Å². The Hall–Kier alpha value is -3.31. The zero-order valence-corrected chi connectivity index (χ0v) is 17.2. The Balaban J connectivity index is 1.57. The molecule has 0 bridgehead atoms. The van der Waals surface area contributed by atoms with E-state index in [4.69, 9.17) is 0 Å². The molecule has 0 aliphatic heterocycles. The van der Waals surface area contributed by atoms with Gasteiger partial charge >= 0.3 is 0 Å². The molecule has 30 heavy (non-hydrogen) atoms. The maximum Gasteiger partial charge on any atom is 0.235 e. The number of anilines is 1. The van der Waals surface area contributed by atoms with Gasteiger partial charge in [-0.15, -0.1) is 0 Å². The molecule has 5 heteroatoms. The SMILES string of the molecule is CNCc1ccc(-c2cc(NC(=O)C3(c4ccc(O)c(O)c4)CC3)ccc2C)cc1. The Morgan fingerprint density at radius 2 is 1.70 bits per heavy atom. The molecular formula is C25H26N2O3. The van der Waals surface area contributed by atoms with E-state index in [2.05, 4.69) is 41.8 Å². The van der Waals surface area contributed by atoms with Crippen LogP contribution in [0.4, 0.5) is 5.69 Å². The minimum atomic E-state index is -0.648. The van der Waals surface area contributed by atoms with E-state index in [1.54, 1.807) is 6.07 Å².